The maximum Gasteiger partial charge on any atom is 0.106 e. The van der Waals surface area contributed by atoms with Crippen LogP contribution in [-0.4, -0.2) is 12.0 Å². The van der Waals surface area contributed by atoms with Gasteiger partial charge in [-0.2, -0.15) is 0 Å². The Morgan fingerprint density at radius 3 is 2.33 bits per heavy atom. The zero-order valence-electron chi connectivity index (χ0n) is 11.4. The van der Waals surface area contributed by atoms with Gasteiger partial charge in [0.15, 0.2) is 0 Å². The average molecular weight is 244 g/mol. The van der Waals surface area contributed by atoms with Crippen molar-refractivity contribution in [2.45, 2.75) is 33.2 Å². The molecule has 0 amide bonds. The van der Waals surface area contributed by atoms with E-state index in [1.54, 1.807) is 0 Å². The molecule has 1 N–H and O–H groups in total. The first-order chi connectivity index (χ1) is 8.63. The first kappa shape index (κ1) is 12.8. The Hall–Kier alpha value is -1.61. The molecule has 1 atom stereocenters. The average Bonchev–Trinajstić information content (AvgIpc) is 2.62. The lowest BCUT2D eigenvalue weighted by molar-refractivity contribution is 0.489. The van der Waals surface area contributed by atoms with Crippen molar-refractivity contribution in [1.29, 1.82) is 0 Å². The molecule has 0 aliphatic heterocycles. The van der Waals surface area contributed by atoms with Crippen molar-refractivity contribution in [2.75, 3.05) is 7.05 Å². The van der Waals surface area contributed by atoms with E-state index in [1.165, 1.54) is 16.7 Å². The van der Waals surface area contributed by atoms with Crippen LogP contribution in [0.4, 0.5) is 0 Å². The topological polar surface area (TPSA) is 38.1 Å². The lowest BCUT2D eigenvalue weighted by Gasteiger charge is -2.17. The van der Waals surface area contributed by atoms with Crippen molar-refractivity contribution in [3.05, 3.63) is 52.7 Å². The second-order valence-electron chi connectivity index (χ2n) is 4.65. The van der Waals surface area contributed by atoms with Crippen molar-refractivity contribution >= 4 is 0 Å². The Balaban J connectivity index is 2.29. The van der Waals surface area contributed by atoms with Gasteiger partial charge in [-0.05, 0) is 57.5 Å². The molecule has 0 aliphatic rings. The summed E-state index contributed by atoms with van der Waals surface area (Å²) in [5.41, 5.74) is 3.81. The number of nitrogens with zero attached hydrogens (tertiary/aromatic N) is 1. The van der Waals surface area contributed by atoms with Crippen LogP contribution in [0.25, 0.3) is 0 Å². The van der Waals surface area contributed by atoms with Crippen LogP contribution in [0, 0.1) is 20.8 Å². The third kappa shape index (κ3) is 2.46. The highest BCUT2D eigenvalue weighted by atomic mass is 16.3. The smallest absolute Gasteiger partial charge is 0.106 e. The largest absolute Gasteiger partial charge is 0.466 e. The summed E-state index contributed by atoms with van der Waals surface area (Å²) in [7, 11) is 1.99. The number of furan rings is 1. The minimum Gasteiger partial charge on any atom is -0.466 e. The zero-order chi connectivity index (χ0) is 13.1. The predicted molar refractivity (Wildman–Crippen MR) is 72.7 cm³/mol. The van der Waals surface area contributed by atoms with Crippen molar-refractivity contribution in [3.8, 4) is 0 Å². The minimum absolute atomic E-state index is 0.282. The maximum atomic E-state index is 5.71. The standard InChI is InChI=1S/C15H20N2O/c1-10-11(2)18-12(3)15(10)14(16-4)9-13-5-7-17-8-6-13/h5-8,14,16H,9H2,1-4H3. The number of hydrogen-bond donors (Lipinski definition) is 1. The minimum atomic E-state index is 0.282. The van der Waals surface area contributed by atoms with Crippen LogP contribution < -0.4 is 5.32 Å². The first-order valence-corrected chi connectivity index (χ1v) is 6.26. The Labute approximate surface area is 108 Å². The normalized spacial score (nSPS) is 12.7. The third-order valence-electron chi connectivity index (χ3n) is 3.50. The van der Waals surface area contributed by atoms with Crippen LogP contribution >= 0.6 is 0 Å². The van der Waals surface area contributed by atoms with Gasteiger partial charge in [0.05, 0.1) is 0 Å². The molecule has 0 radical (unpaired) electrons. The number of rotatable bonds is 4. The van der Waals surface area contributed by atoms with Gasteiger partial charge in [0.1, 0.15) is 11.5 Å². The Kier molecular flexibility index (Phi) is 3.82. The monoisotopic (exact) mass is 244 g/mol. The van der Waals surface area contributed by atoms with Gasteiger partial charge >= 0.3 is 0 Å². The Morgan fingerprint density at radius 2 is 1.83 bits per heavy atom. The zero-order valence-corrected chi connectivity index (χ0v) is 11.4. The van der Waals surface area contributed by atoms with Crippen LogP contribution in [-0.2, 0) is 6.42 Å². The van der Waals surface area contributed by atoms with Gasteiger partial charge in [-0.3, -0.25) is 4.98 Å². The number of nitrogens with one attached hydrogen (secondary N) is 1. The quantitative estimate of drug-likeness (QED) is 0.898. The number of hydrogen-bond acceptors (Lipinski definition) is 3. The molecule has 0 saturated heterocycles. The summed E-state index contributed by atoms with van der Waals surface area (Å²) in [6.07, 6.45) is 4.62. The van der Waals surface area contributed by atoms with Gasteiger partial charge in [0, 0.05) is 24.0 Å². The first-order valence-electron chi connectivity index (χ1n) is 6.26. The summed E-state index contributed by atoms with van der Waals surface area (Å²) in [6, 6.07) is 4.40. The van der Waals surface area contributed by atoms with Crippen molar-refractivity contribution < 1.29 is 4.42 Å². The Bertz CT molecular complexity index is 517. The van der Waals surface area contributed by atoms with E-state index in [0.29, 0.717) is 0 Å². The van der Waals surface area contributed by atoms with Gasteiger partial charge in [0.25, 0.3) is 0 Å². The number of aromatic nitrogens is 1. The van der Waals surface area contributed by atoms with E-state index >= 15 is 0 Å². The van der Waals surface area contributed by atoms with Crippen LogP contribution in [0.15, 0.2) is 28.9 Å². The molecule has 0 aliphatic carbocycles. The van der Waals surface area contributed by atoms with E-state index in [2.05, 4.69) is 29.4 Å². The molecule has 0 aromatic carbocycles. The van der Waals surface area contributed by atoms with E-state index in [9.17, 15) is 0 Å². The summed E-state index contributed by atoms with van der Waals surface area (Å²) in [5.74, 6) is 2.02. The van der Waals surface area contributed by atoms with E-state index in [0.717, 1.165) is 17.9 Å². The molecule has 3 heteroatoms. The van der Waals surface area contributed by atoms with Crippen LogP contribution in [0.2, 0.25) is 0 Å². The van der Waals surface area contributed by atoms with E-state index in [1.807, 2.05) is 33.3 Å². The highest BCUT2D eigenvalue weighted by molar-refractivity contribution is 5.35. The molecule has 0 bridgehead atoms. The molecule has 2 rings (SSSR count). The molecular formula is C15H20N2O. The highest BCUT2D eigenvalue weighted by Gasteiger charge is 2.19. The molecule has 18 heavy (non-hydrogen) atoms. The van der Waals surface area contributed by atoms with Crippen molar-refractivity contribution in [1.82, 2.24) is 10.3 Å². The summed E-state index contributed by atoms with van der Waals surface area (Å²) in [4.78, 5) is 4.05. The maximum absolute atomic E-state index is 5.71. The highest BCUT2D eigenvalue weighted by Crippen LogP contribution is 2.28. The molecule has 3 nitrogen and oxygen atoms in total. The van der Waals surface area contributed by atoms with Gasteiger partial charge in [-0.25, -0.2) is 0 Å². The summed E-state index contributed by atoms with van der Waals surface area (Å²) in [6.45, 7) is 6.18. The van der Waals surface area contributed by atoms with E-state index in [4.69, 9.17) is 4.42 Å². The fourth-order valence-corrected chi connectivity index (χ4v) is 2.42. The van der Waals surface area contributed by atoms with Crippen LogP contribution in [0.3, 0.4) is 0 Å². The molecule has 1 unspecified atom stereocenters. The molecule has 0 spiro atoms. The van der Waals surface area contributed by atoms with Gasteiger partial charge in [-0.1, -0.05) is 0 Å². The predicted octanol–water partition coefficient (Wildman–Crippen LogP) is 3.10. The fraction of sp³-hybridized carbons (Fsp3) is 0.400. The van der Waals surface area contributed by atoms with Crippen molar-refractivity contribution in [2.24, 2.45) is 0 Å². The SMILES string of the molecule is CNC(Cc1ccncc1)c1c(C)oc(C)c1C. The molecular weight excluding hydrogens is 224 g/mol. The molecule has 2 aromatic rings. The second-order valence-corrected chi connectivity index (χ2v) is 4.65. The van der Waals surface area contributed by atoms with Crippen molar-refractivity contribution in [3.63, 3.8) is 0 Å². The third-order valence-corrected chi connectivity index (χ3v) is 3.50. The lowest BCUT2D eigenvalue weighted by Crippen LogP contribution is -2.20. The van der Waals surface area contributed by atoms with Gasteiger partial charge < -0.3 is 9.73 Å². The van der Waals surface area contributed by atoms with E-state index in [-0.39, 0.29) is 6.04 Å². The lowest BCUT2D eigenvalue weighted by atomic mass is 9.96. The van der Waals surface area contributed by atoms with E-state index < -0.39 is 0 Å². The second kappa shape index (κ2) is 5.36. The molecule has 2 heterocycles. The fourth-order valence-electron chi connectivity index (χ4n) is 2.42. The molecule has 96 valence electrons. The summed E-state index contributed by atoms with van der Waals surface area (Å²) >= 11 is 0. The van der Waals surface area contributed by atoms with Crippen LogP contribution in [0.5, 0.6) is 0 Å². The Morgan fingerprint density at radius 1 is 1.17 bits per heavy atom. The molecule has 2 aromatic heterocycles. The summed E-state index contributed by atoms with van der Waals surface area (Å²) in [5, 5.41) is 3.38. The van der Waals surface area contributed by atoms with Gasteiger partial charge in [0.2, 0.25) is 0 Å². The van der Waals surface area contributed by atoms with Gasteiger partial charge in [-0.15, -0.1) is 0 Å². The van der Waals surface area contributed by atoms with Crippen LogP contribution in [0.1, 0.15) is 34.3 Å². The number of pyridine rings is 1. The molecule has 0 fully saturated rings. The summed E-state index contributed by atoms with van der Waals surface area (Å²) < 4.78 is 5.71. The number of likely N-dealkylation sites (N-methyl/N-ethyl adjacent to an activating group) is 1. The molecule has 0 saturated carbocycles. The number of aryl methyl sites for hydroxylation is 2.